The molecule has 3 N–H and O–H groups in total. The summed E-state index contributed by atoms with van der Waals surface area (Å²) in [6, 6.07) is 15.1. The van der Waals surface area contributed by atoms with Gasteiger partial charge in [0.15, 0.2) is 11.3 Å². The molecule has 5 heterocycles. The van der Waals surface area contributed by atoms with Gasteiger partial charge in [0, 0.05) is 25.5 Å². The number of hydrogen-bond donors (Lipinski definition) is 3. The average Bonchev–Trinajstić information content (AvgIpc) is 3.87. The predicted octanol–water partition coefficient (Wildman–Crippen LogP) is 6.68. The largest absolute Gasteiger partial charge is 0.457 e. The molecule has 0 bridgehead atoms. The quantitative estimate of drug-likeness (QED) is 0.0726. The molecule has 3 aromatic heterocycles. The third-order valence-corrected chi connectivity index (χ3v) is 11.4. The van der Waals surface area contributed by atoms with Gasteiger partial charge in [0.2, 0.25) is 5.91 Å². The monoisotopic (exact) mass is 809 g/mol. The van der Waals surface area contributed by atoms with E-state index in [1.54, 1.807) is 29.1 Å². The van der Waals surface area contributed by atoms with E-state index in [9.17, 15) is 23.2 Å². The maximum atomic E-state index is 14.2. The summed E-state index contributed by atoms with van der Waals surface area (Å²) in [7, 11) is 0. The lowest BCUT2D eigenvalue weighted by Gasteiger charge is -2.29. The second-order valence-corrected chi connectivity index (χ2v) is 15.5. The summed E-state index contributed by atoms with van der Waals surface area (Å²) in [4.78, 5) is 44.4. The van der Waals surface area contributed by atoms with Crippen LogP contribution in [0.4, 0.5) is 20.3 Å². The summed E-state index contributed by atoms with van der Waals surface area (Å²) in [5, 5.41) is 17.2. The van der Waals surface area contributed by atoms with Gasteiger partial charge in [-0.05, 0) is 99.3 Å². The number of morpholine rings is 1. The van der Waals surface area contributed by atoms with E-state index in [0.29, 0.717) is 66.3 Å². The van der Waals surface area contributed by atoms with Gasteiger partial charge in [-0.3, -0.25) is 24.4 Å². The van der Waals surface area contributed by atoms with E-state index >= 15 is 0 Å². The first-order valence-corrected chi connectivity index (χ1v) is 20.6. The number of imide groups is 1. The Hall–Kier alpha value is -5.74. The molecule has 16 heteroatoms. The van der Waals surface area contributed by atoms with E-state index in [1.165, 1.54) is 22.5 Å². The molecule has 310 valence electrons. The minimum Gasteiger partial charge on any atom is -0.457 e. The lowest BCUT2D eigenvalue weighted by molar-refractivity contribution is -0.119. The Kier molecular flexibility index (Phi) is 12.5. The van der Waals surface area contributed by atoms with Crippen LogP contribution in [0, 0.1) is 5.92 Å². The van der Waals surface area contributed by atoms with Crippen molar-refractivity contribution in [3.8, 4) is 11.5 Å². The van der Waals surface area contributed by atoms with Gasteiger partial charge in [-0.1, -0.05) is 37.1 Å². The number of aromatic nitrogens is 5. The highest BCUT2D eigenvalue weighted by molar-refractivity contribution is 6.11. The fourth-order valence-electron chi connectivity index (χ4n) is 8.24. The minimum absolute atomic E-state index is 0.00170. The topological polar surface area (TPSA) is 157 Å². The van der Waals surface area contributed by atoms with Crippen molar-refractivity contribution >= 4 is 34.9 Å². The molecule has 2 aromatic carbocycles. The average molecular weight is 810 g/mol. The summed E-state index contributed by atoms with van der Waals surface area (Å²) >= 11 is 0. The van der Waals surface area contributed by atoms with E-state index in [2.05, 4.69) is 42.1 Å². The van der Waals surface area contributed by atoms with Crippen LogP contribution in [0.3, 0.4) is 0 Å². The van der Waals surface area contributed by atoms with Crippen LogP contribution in [0.15, 0.2) is 67.1 Å². The van der Waals surface area contributed by atoms with Crippen molar-refractivity contribution in [2.45, 2.75) is 76.7 Å². The fraction of sp³-hybridized carbons (Fsp3) is 0.442. The van der Waals surface area contributed by atoms with Crippen molar-refractivity contribution in [2.24, 2.45) is 5.92 Å². The molecule has 8 rings (SSSR count). The number of fused-ring (bicyclic) bond motifs is 2. The second-order valence-electron chi connectivity index (χ2n) is 15.5. The number of alkyl halides is 2. The summed E-state index contributed by atoms with van der Waals surface area (Å²) in [6.07, 6.45) is 10.8. The molecule has 1 saturated heterocycles. The zero-order chi connectivity index (χ0) is 40.7. The van der Waals surface area contributed by atoms with E-state index in [1.807, 2.05) is 24.3 Å². The Labute approximate surface area is 340 Å². The lowest BCUT2D eigenvalue weighted by Crippen LogP contribution is -2.37. The lowest BCUT2D eigenvalue weighted by atomic mass is 9.86. The molecule has 0 spiro atoms. The number of nitrogens with one attached hydrogen (secondary N) is 3. The van der Waals surface area contributed by atoms with Gasteiger partial charge in [-0.25, -0.2) is 18.3 Å². The number of carbonyl (C=O) groups excluding carboxylic acids is 3. The molecule has 5 aromatic rings. The number of carbonyl (C=O) groups is 3. The highest BCUT2D eigenvalue weighted by atomic mass is 19.3. The number of amides is 3. The Morgan fingerprint density at radius 3 is 2.64 bits per heavy atom. The van der Waals surface area contributed by atoms with Crippen molar-refractivity contribution in [3.05, 3.63) is 95.1 Å². The third kappa shape index (κ3) is 9.60. The molecule has 1 aliphatic carbocycles. The Morgan fingerprint density at radius 1 is 1.00 bits per heavy atom. The molecule has 3 amide bonds. The second kappa shape index (κ2) is 18.5. The third-order valence-electron chi connectivity index (χ3n) is 11.4. The standard InChI is InChI=1S/C43H49F2N9O5/c44-40(45)39-34(48-42(56)33-26-47-53-18-16-36(49-41(33)53)52-19-21-58-22-20-52)27-54(51-39)31-14-12-29(13-15-31)25-46-17-4-2-1-3-7-28-8-5-10-32(23-28)59-35-11-6-9-30-24-37(55)50-43(57)38(30)35/h5-6,8-11,16,18,23,26-27,29,31,40,46H,1-4,7,12-15,17,19-22,24-25H2,(H,48,56)(H,50,55,57)/t29-,31-. The number of aryl methyl sites for hydroxylation is 1. The van der Waals surface area contributed by atoms with Crippen LogP contribution in [0.25, 0.3) is 5.65 Å². The summed E-state index contributed by atoms with van der Waals surface area (Å²) in [5.74, 6) is 1.00. The number of anilines is 2. The van der Waals surface area contributed by atoms with Crippen LogP contribution >= 0.6 is 0 Å². The Balaban J connectivity index is 0.746. The van der Waals surface area contributed by atoms with Crippen LogP contribution in [-0.2, 0) is 22.4 Å². The number of hydrogen-bond acceptors (Lipinski definition) is 10. The van der Waals surface area contributed by atoms with Gasteiger partial charge in [0.25, 0.3) is 18.2 Å². The first-order chi connectivity index (χ1) is 28.8. The van der Waals surface area contributed by atoms with Crippen molar-refractivity contribution in [1.29, 1.82) is 0 Å². The van der Waals surface area contributed by atoms with Crippen molar-refractivity contribution in [2.75, 3.05) is 49.6 Å². The molecule has 59 heavy (non-hydrogen) atoms. The maximum absolute atomic E-state index is 14.2. The van der Waals surface area contributed by atoms with Gasteiger partial charge < -0.3 is 25.0 Å². The zero-order valence-corrected chi connectivity index (χ0v) is 32.9. The van der Waals surface area contributed by atoms with Crippen LogP contribution in [0.5, 0.6) is 11.5 Å². The van der Waals surface area contributed by atoms with Gasteiger partial charge in [-0.15, -0.1) is 0 Å². The van der Waals surface area contributed by atoms with E-state index in [4.69, 9.17) is 9.47 Å². The molecule has 0 unspecified atom stereocenters. The van der Waals surface area contributed by atoms with E-state index in [0.717, 1.165) is 70.9 Å². The SMILES string of the molecule is O=C1Cc2cccc(Oc3cccc(CCCCCCNC[C@H]4CC[C@H](n5cc(NC(=O)c6cnn7ccc(N8CCOCC8)nc67)c(C(F)F)n5)CC4)c3)c2C(=O)N1. The van der Waals surface area contributed by atoms with Crippen LogP contribution in [0.2, 0.25) is 0 Å². The van der Waals surface area contributed by atoms with E-state index < -0.39 is 23.9 Å². The maximum Gasteiger partial charge on any atom is 0.284 e. The van der Waals surface area contributed by atoms with Crippen LogP contribution < -0.4 is 25.6 Å². The van der Waals surface area contributed by atoms with Gasteiger partial charge in [0.05, 0.1) is 43.1 Å². The van der Waals surface area contributed by atoms with Gasteiger partial charge in [-0.2, -0.15) is 10.2 Å². The van der Waals surface area contributed by atoms with Gasteiger partial charge >= 0.3 is 0 Å². The molecule has 0 atom stereocenters. The van der Waals surface area contributed by atoms with Crippen molar-refractivity contribution < 1.29 is 32.6 Å². The molecule has 2 fully saturated rings. The summed E-state index contributed by atoms with van der Waals surface area (Å²) < 4.78 is 43.0. The Bertz CT molecular complexity index is 2280. The number of nitrogens with zero attached hydrogens (tertiary/aromatic N) is 6. The molecule has 2 aliphatic heterocycles. The van der Waals surface area contributed by atoms with Crippen LogP contribution in [-0.4, -0.2) is 81.5 Å². The van der Waals surface area contributed by atoms with Crippen molar-refractivity contribution in [3.63, 3.8) is 0 Å². The molecule has 1 saturated carbocycles. The first-order valence-electron chi connectivity index (χ1n) is 20.6. The molecule has 0 radical (unpaired) electrons. The number of benzene rings is 2. The highest BCUT2D eigenvalue weighted by Crippen LogP contribution is 2.35. The van der Waals surface area contributed by atoms with Gasteiger partial charge in [0.1, 0.15) is 22.9 Å². The number of ether oxygens (including phenoxy) is 2. The van der Waals surface area contributed by atoms with Crippen molar-refractivity contribution in [1.82, 2.24) is 35.0 Å². The Morgan fingerprint density at radius 2 is 1.81 bits per heavy atom. The number of rotatable bonds is 16. The highest BCUT2D eigenvalue weighted by Gasteiger charge is 2.29. The smallest absolute Gasteiger partial charge is 0.284 e. The zero-order valence-electron chi connectivity index (χ0n) is 32.9. The normalized spacial score (nSPS) is 18.3. The number of halogens is 2. The molecule has 3 aliphatic rings. The minimum atomic E-state index is -2.85. The summed E-state index contributed by atoms with van der Waals surface area (Å²) in [6.45, 7) is 4.41. The molecule has 14 nitrogen and oxygen atoms in total. The van der Waals surface area contributed by atoms with Crippen LogP contribution in [0.1, 0.15) is 101 Å². The first kappa shape index (κ1) is 40.1. The number of unbranched alkanes of at least 4 members (excludes halogenated alkanes) is 3. The van der Waals surface area contributed by atoms with E-state index in [-0.39, 0.29) is 29.6 Å². The molecular formula is C43H49F2N9O5. The molecular weight excluding hydrogens is 761 g/mol. The summed E-state index contributed by atoms with van der Waals surface area (Å²) in [5.41, 5.74) is 2.34. The fourth-order valence-corrected chi connectivity index (χ4v) is 8.24. The predicted molar refractivity (Wildman–Crippen MR) is 216 cm³/mol.